The molecule has 0 aliphatic rings. The largest absolute Gasteiger partial charge is 0.361 e. The molecular weight excluding hydrogens is 448 g/mol. The fourth-order valence-corrected chi connectivity index (χ4v) is 4.09. The maximum atomic E-state index is 13.5. The maximum Gasteiger partial charge on any atom is 0.252 e. The third kappa shape index (κ3) is 6.49. The van der Waals surface area contributed by atoms with Crippen LogP contribution in [-0.4, -0.2) is 54.9 Å². The van der Waals surface area contributed by atoms with Gasteiger partial charge in [0.2, 0.25) is 5.91 Å². The van der Waals surface area contributed by atoms with Crippen LogP contribution in [0.15, 0.2) is 97.2 Å². The van der Waals surface area contributed by atoms with Gasteiger partial charge in [0.1, 0.15) is 6.04 Å². The van der Waals surface area contributed by atoms with Crippen molar-refractivity contribution in [3.8, 4) is 22.4 Å². The normalized spacial score (nSPS) is 11.8. The van der Waals surface area contributed by atoms with Crippen molar-refractivity contribution in [3.05, 3.63) is 108 Å². The molecule has 0 spiro atoms. The Labute approximate surface area is 212 Å². The number of nitrogens with one attached hydrogen (secondary N) is 3. The highest BCUT2D eigenvalue weighted by molar-refractivity contribution is 6.03. The molecule has 1 aromatic heterocycles. The van der Waals surface area contributed by atoms with Crippen molar-refractivity contribution < 1.29 is 9.59 Å². The van der Waals surface area contributed by atoms with Gasteiger partial charge in [0.05, 0.1) is 0 Å². The summed E-state index contributed by atoms with van der Waals surface area (Å²) in [7, 11) is 3.91. The minimum Gasteiger partial charge on any atom is -0.361 e. The molecule has 2 amide bonds. The van der Waals surface area contributed by atoms with Crippen molar-refractivity contribution in [1.82, 2.24) is 20.5 Å². The Morgan fingerprint density at radius 1 is 0.861 bits per heavy atom. The minimum absolute atomic E-state index is 0.195. The molecule has 0 saturated heterocycles. The number of hydrogen-bond acceptors (Lipinski definition) is 3. The van der Waals surface area contributed by atoms with Crippen molar-refractivity contribution in [2.45, 2.75) is 12.5 Å². The van der Waals surface area contributed by atoms with Gasteiger partial charge in [-0.25, -0.2) is 0 Å². The second-order valence-electron chi connectivity index (χ2n) is 9.02. The van der Waals surface area contributed by atoms with E-state index in [1.54, 1.807) is 6.07 Å². The topological polar surface area (TPSA) is 77.2 Å². The van der Waals surface area contributed by atoms with E-state index < -0.39 is 6.04 Å². The molecule has 0 unspecified atom stereocenters. The number of benzene rings is 3. The first-order chi connectivity index (χ1) is 17.5. The molecule has 4 rings (SSSR count). The van der Waals surface area contributed by atoms with Crippen molar-refractivity contribution in [1.29, 1.82) is 0 Å². The van der Waals surface area contributed by atoms with E-state index in [1.807, 2.05) is 110 Å². The van der Waals surface area contributed by atoms with Gasteiger partial charge in [-0.2, -0.15) is 0 Å². The second kappa shape index (κ2) is 12.0. The third-order valence-electron chi connectivity index (χ3n) is 6.01. The highest BCUT2D eigenvalue weighted by Gasteiger charge is 2.23. The first-order valence-electron chi connectivity index (χ1n) is 12.1. The van der Waals surface area contributed by atoms with Crippen LogP contribution in [0.4, 0.5) is 0 Å². The molecule has 1 heterocycles. The Bertz CT molecular complexity index is 1280. The Kier molecular flexibility index (Phi) is 8.32. The number of amides is 2. The number of nitrogens with zero attached hydrogens (tertiary/aromatic N) is 1. The van der Waals surface area contributed by atoms with Gasteiger partial charge in [-0.1, -0.05) is 78.9 Å². The molecule has 0 aliphatic carbocycles. The Hall–Kier alpha value is -4.16. The smallest absolute Gasteiger partial charge is 0.252 e. The molecule has 184 valence electrons. The lowest BCUT2D eigenvalue weighted by Crippen LogP contribution is -2.49. The van der Waals surface area contributed by atoms with Crippen LogP contribution in [0.25, 0.3) is 22.4 Å². The molecule has 6 nitrogen and oxygen atoms in total. The van der Waals surface area contributed by atoms with Crippen LogP contribution >= 0.6 is 0 Å². The van der Waals surface area contributed by atoms with Gasteiger partial charge in [-0.05, 0) is 42.9 Å². The van der Waals surface area contributed by atoms with Crippen LogP contribution in [-0.2, 0) is 11.2 Å². The van der Waals surface area contributed by atoms with Crippen molar-refractivity contribution in [3.63, 3.8) is 0 Å². The standard InChI is InChI=1S/C30H32N4O2/c1-34(2)18-17-31-30(36)28(19-22-11-5-3-6-12-22)33-29(35)26-16-10-9-15-25(26)24-20-27(32-21-24)23-13-7-4-8-14-23/h3-16,20-21,28,32H,17-19H2,1-2H3,(H,31,36)(H,33,35)/t28-/m0/s1. The lowest BCUT2D eigenvalue weighted by atomic mass is 9.99. The fraction of sp³-hybridized carbons (Fsp3) is 0.200. The summed E-state index contributed by atoms with van der Waals surface area (Å²) in [6, 6.07) is 28.6. The first-order valence-corrected chi connectivity index (χ1v) is 12.1. The summed E-state index contributed by atoms with van der Waals surface area (Å²) in [6.45, 7) is 1.23. The van der Waals surface area contributed by atoms with E-state index in [4.69, 9.17) is 0 Å². The van der Waals surface area contributed by atoms with Gasteiger partial charge in [-0.15, -0.1) is 0 Å². The number of hydrogen-bond donors (Lipinski definition) is 3. The number of carbonyl (C=O) groups is 2. The number of aromatic nitrogens is 1. The van der Waals surface area contributed by atoms with Crippen molar-refractivity contribution in [2.75, 3.05) is 27.2 Å². The summed E-state index contributed by atoms with van der Waals surface area (Å²) in [6.07, 6.45) is 2.31. The SMILES string of the molecule is CN(C)CCNC(=O)[C@H](Cc1ccccc1)NC(=O)c1ccccc1-c1c[nH]c(-c2ccccc2)c1. The molecule has 0 aliphatic heterocycles. The van der Waals surface area contributed by atoms with Gasteiger partial charge >= 0.3 is 0 Å². The van der Waals surface area contributed by atoms with Gasteiger partial charge in [0.15, 0.2) is 0 Å². The number of H-pyrrole nitrogens is 1. The van der Waals surface area contributed by atoms with Crippen LogP contribution < -0.4 is 10.6 Å². The Morgan fingerprint density at radius 3 is 2.25 bits per heavy atom. The highest BCUT2D eigenvalue weighted by atomic mass is 16.2. The van der Waals surface area contributed by atoms with Crippen molar-refractivity contribution >= 4 is 11.8 Å². The van der Waals surface area contributed by atoms with Gasteiger partial charge in [0.25, 0.3) is 5.91 Å². The number of aromatic amines is 1. The summed E-state index contributed by atoms with van der Waals surface area (Å²) in [5, 5.41) is 5.95. The van der Waals surface area contributed by atoms with E-state index in [0.29, 0.717) is 18.5 Å². The summed E-state index contributed by atoms with van der Waals surface area (Å²) in [4.78, 5) is 31.9. The van der Waals surface area contributed by atoms with Gasteiger partial charge < -0.3 is 20.5 Å². The lowest BCUT2D eigenvalue weighted by Gasteiger charge is -2.20. The minimum atomic E-state index is -0.693. The van der Waals surface area contributed by atoms with E-state index in [-0.39, 0.29) is 11.8 Å². The van der Waals surface area contributed by atoms with Gasteiger partial charge in [-0.3, -0.25) is 9.59 Å². The zero-order chi connectivity index (χ0) is 25.3. The molecule has 0 saturated carbocycles. The molecule has 3 N–H and O–H groups in total. The molecule has 0 bridgehead atoms. The Balaban J connectivity index is 1.56. The predicted octanol–water partition coefficient (Wildman–Crippen LogP) is 4.37. The highest BCUT2D eigenvalue weighted by Crippen LogP contribution is 2.28. The van der Waals surface area contributed by atoms with E-state index >= 15 is 0 Å². The average molecular weight is 481 g/mol. The number of rotatable bonds is 10. The second-order valence-corrected chi connectivity index (χ2v) is 9.02. The van der Waals surface area contributed by atoms with E-state index in [2.05, 4.69) is 15.6 Å². The quantitative estimate of drug-likeness (QED) is 0.316. The number of likely N-dealkylation sites (N-methyl/N-ethyl adjacent to an activating group) is 1. The zero-order valence-electron chi connectivity index (χ0n) is 20.7. The summed E-state index contributed by atoms with van der Waals surface area (Å²) in [5.41, 5.74) is 5.27. The fourth-order valence-electron chi connectivity index (χ4n) is 4.09. The molecule has 3 aromatic carbocycles. The molecule has 1 atom stereocenters. The van der Waals surface area contributed by atoms with E-state index in [1.165, 1.54) is 0 Å². The van der Waals surface area contributed by atoms with Crippen LogP contribution in [0.3, 0.4) is 0 Å². The third-order valence-corrected chi connectivity index (χ3v) is 6.01. The summed E-state index contributed by atoms with van der Waals surface area (Å²) in [5.74, 6) is -0.476. The molecule has 6 heteroatoms. The van der Waals surface area contributed by atoms with Crippen LogP contribution in [0, 0.1) is 0 Å². The lowest BCUT2D eigenvalue weighted by molar-refractivity contribution is -0.123. The molecule has 0 radical (unpaired) electrons. The average Bonchev–Trinajstić information content (AvgIpc) is 3.39. The molecular formula is C30H32N4O2. The predicted molar refractivity (Wildman–Crippen MR) is 145 cm³/mol. The van der Waals surface area contributed by atoms with Gasteiger partial charge in [0, 0.05) is 42.5 Å². The van der Waals surface area contributed by atoms with Crippen LogP contribution in [0.5, 0.6) is 0 Å². The Morgan fingerprint density at radius 2 is 1.53 bits per heavy atom. The molecule has 0 fully saturated rings. The maximum absolute atomic E-state index is 13.5. The van der Waals surface area contributed by atoms with Crippen LogP contribution in [0.1, 0.15) is 15.9 Å². The van der Waals surface area contributed by atoms with Crippen molar-refractivity contribution in [2.24, 2.45) is 0 Å². The van der Waals surface area contributed by atoms with E-state index in [0.717, 1.165) is 34.5 Å². The van der Waals surface area contributed by atoms with E-state index in [9.17, 15) is 9.59 Å². The van der Waals surface area contributed by atoms with Crippen LogP contribution in [0.2, 0.25) is 0 Å². The monoisotopic (exact) mass is 480 g/mol. The molecule has 36 heavy (non-hydrogen) atoms. The summed E-state index contributed by atoms with van der Waals surface area (Å²) < 4.78 is 0. The number of carbonyl (C=O) groups excluding carboxylic acids is 2. The summed E-state index contributed by atoms with van der Waals surface area (Å²) >= 11 is 0. The first kappa shape index (κ1) is 24.9. The molecule has 4 aromatic rings. The zero-order valence-corrected chi connectivity index (χ0v) is 20.7.